The van der Waals surface area contributed by atoms with Crippen LogP contribution in [0.5, 0.6) is 0 Å². The number of halogens is 2. The van der Waals surface area contributed by atoms with Gasteiger partial charge in [0, 0.05) is 32.7 Å². The molecule has 1 heterocycles. The molecule has 1 aliphatic rings. The van der Waals surface area contributed by atoms with Crippen molar-refractivity contribution in [3.63, 3.8) is 0 Å². The van der Waals surface area contributed by atoms with Crippen molar-refractivity contribution in [1.82, 2.24) is 9.80 Å². The summed E-state index contributed by atoms with van der Waals surface area (Å²) in [4.78, 5) is 28.1. The number of nitrogens with zero attached hydrogens (tertiary/aromatic N) is 2. The Kier molecular flexibility index (Phi) is 7.08. The Morgan fingerprint density at radius 3 is 2.24 bits per heavy atom. The highest BCUT2D eigenvalue weighted by Crippen LogP contribution is 2.18. The standard InChI is InChI=1S/C22H23F2N3O2/c23-18-9-4-10-19(24)22(18)25-20(28)16-21(29)27-14-12-26(13-15-27)11-5-8-17-6-2-1-3-7-17/h1-10H,11-16H2,(H,25,28)/b8-5+. The first kappa shape index (κ1) is 20.7. The number of hydrogen-bond donors (Lipinski definition) is 1. The van der Waals surface area contributed by atoms with E-state index in [4.69, 9.17) is 0 Å². The molecule has 7 heteroatoms. The fourth-order valence-corrected chi connectivity index (χ4v) is 3.13. The number of para-hydroxylation sites is 1. The molecule has 0 saturated carbocycles. The van der Waals surface area contributed by atoms with Gasteiger partial charge in [0.25, 0.3) is 0 Å². The average Bonchev–Trinajstić information content (AvgIpc) is 2.72. The number of amides is 2. The van der Waals surface area contributed by atoms with Crippen LogP contribution < -0.4 is 5.32 Å². The summed E-state index contributed by atoms with van der Waals surface area (Å²) in [5.41, 5.74) is 0.610. The van der Waals surface area contributed by atoms with E-state index in [2.05, 4.69) is 22.4 Å². The van der Waals surface area contributed by atoms with Gasteiger partial charge in [-0.05, 0) is 17.7 Å². The van der Waals surface area contributed by atoms with Crippen LogP contribution >= 0.6 is 0 Å². The molecule has 2 aromatic rings. The van der Waals surface area contributed by atoms with Crippen LogP contribution in [0, 0.1) is 11.6 Å². The van der Waals surface area contributed by atoms with E-state index in [0.29, 0.717) is 26.2 Å². The molecule has 152 valence electrons. The van der Waals surface area contributed by atoms with E-state index >= 15 is 0 Å². The average molecular weight is 399 g/mol. The van der Waals surface area contributed by atoms with Gasteiger partial charge in [-0.3, -0.25) is 14.5 Å². The number of piperazine rings is 1. The van der Waals surface area contributed by atoms with Gasteiger partial charge in [0.05, 0.1) is 0 Å². The van der Waals surface area contributed by atoms with Crippen molar-refractivity contribution in [3.8, 4) is 0 Å². The first-order valence-electron chi connectivity index (χ1n) is 9.48. The van der Waals surface area contributed by atoms with E-state index in [1.807, 2.05) is 30.3 Å². The summed E-state index contributed by atoms with van der Waals surface area (Å²) in [5.74, 6) is -2.82. The number of rotatable bonds is 6. The molecule has 1 fully saturated rings. The van der Waals surface area contributed by atoms with Crippen molar-refractivity contribution < 1.29 is 18.4 Å². The van der Waals surface area contributed by atoms with Crippen LogP contribution in [0.25, 0.3) is 6.08 Å². The highest BCUT2D eigenvalue weighted by atomic mass is 19.1. The van der Waals surface area contributed by atoms with E-state index in [0.717, 1.165) is 24.2 Å². The van der Waals surface area contributed by atoms with E-state index in [1.54, 1.807) is 4.90 Å². The highest BCUT2D eigenvalue weighted by molar-refractivity contribution is 6.03. The zero-order valence-corrected chi connectivity index (χ0v) is 16.0. The number of benzene rings is 2. The Hall–Kier alpha value is -3.06. The minimum atomic E-state index is -0.872. The van der Waals surface area contributed by atoms with Crippen LogP contribution in [0.2, 0.25) is 0 Å². The summed E-state index contributed by atoms with van der Waals surface area (Å²) in [6.45, 7) is 3.21. The fraction of sp³-hybridized carbons (Fsp3) is 0.273. The van der Waals surface area contributed by atoms with Crippen molar-refractivity contribution in [2.45, 2.75) is 6.42 Å². The van der Waals surface area contributed by atoms with Crippen LogP contribution in [0.4, 0.5) is 14.5 Å². The molecule has 5 nitrogen and oxygen atoms in total. The van der Waals surface area contributed by atoms with E-state index in [1.165, 1.54) is 6.07 Å². The smallest absolute Gasteiger partial charge is 0.233 e. The van der Waals surface area contributed by atoms with Gasteiger partial charge in [0.2, 0.25) is 11.8 Å². The maximum atomic E-state index is 13.6. The van der Waals surface area contributed by atoms with E-state index < -0.39 is 29.6 Å². The highest BCUT2D eigenvalue weighted by Gasteiger charge is 2.23. The zero-order chi connectivity index (χ0) is 20.6. The minimum Gasteiger partial charge on any atom is -0.340 e. The molecule has 1 saturated heterocycles. The summed E-state index contributed by atoms with van der Waals surface area (Å²) >= 11 is 0. The third-order valence-corrected chi connectivity index (χ3v) is 4.74. The Bertz CT molecular complexity index is 859. The molecule has 3 rings (SSSR count). The molecule has 0 radical (unpaired) electrons. The quantitative estimate of drug-likeness (QED) is 0.760. The van der Waals surface area contributed by atoms with Gasteiger partial charge >= 0.3 is 0 Å². The first-order chi connectivity index (χ1) is 14.0. The maximum Gasteiger partial charge on any atom is 0.233 e. The van der Waals surface area contributed by atoms with Crippen LogP contribution in [0.3, 0.4) is 0 Å². The van der Waals surface area contributed by atoms with Gasteiger partial charge in [0.15, 0.2) is 0 Å². The molecular weight excluding hydrogens is 376 g/mol. The third-order valence-electron chi connectivity index (χ3n) is 4.74. The number of carbonyl (C=O) groups excluding carboxylic acids is 2. The van der Waals surface area contributed by atoms with Gasteiger partial charge in [0.1, 0.15) is 23.7 Å². The van der Waals surface area contributed by atoms with Crippen LogP contribution in [0.15, 0.2) is 54.6 Å². The topological polar surface area (TPSA) is 52.7 Å². The molecule has 1 aliphatic heterocycles. The largest absolute Gasteiger partial charge is 0.340 e. The molecule has 0 spiro atoms. The fourth-order valence-electron chi connectivity index (χ4n) is 3.13. The maximum absolute atomic E-state index is 13.6. The van der Waals surface area contributed by atoms with E-state index in [-0.39, 0.29) is 5.91 Å². The molecule has 2 aromatic carbocycles. The van der Waals surface area contributed by atoms with Crippen molar-refractivity contribution >= 4 is 23.6 Å². The van der Waals surface area contributed by atoms with Crippen molar-refractivity contribution in [3.05, 3.63) is 71.8 Å². The molecule has 0 aliphatic carbocycles. The van der Waals surface area contributed by atoms with Gasteiger partial charge in [-0.25, -0.2) is 8.78 Å². The minimum absolute atomic E-state index is 0.348. The second-order valence-electron chi connectivity index (χ2n) is 6.82. The first-order valence-corrected chi connectivity index (χ1v) is 9.48. The Morgan fingerprint density at radius 1 is 0.931 bits per heavy atom. The summed E-state index contributed by atoms with van der Waals surface area (Å²) in [5, 5.41) is 2.14. The monoisotopic (exact) mass is 399 g/mol. The molecule has 0 aromatic heterocycles. The summed E-state index contributed by atoms with van der Waals surface area (Å²) in [6.07, 6.45) is 3.70. The van der Waals surface area contributed by atoms with Crippen molar-refractivity contribution in [2.24, 2.45) is 0 Å². The molecule has 1 N–H and O–H groups in total. The Labute approximate surface area is 168 Å². The van der Waals surface area contributed by atoms with Gasteiger partial charge in [-0.1, -0.05) is 48.6 Å². The molecular formula is C22H23F2N3O2. The van der Waals surface area contributed by atoms with Crippen LogP contribution in [-0.2, 0) is 9.59 Å². The van der Waals surface area contributed by atoms with Crippen LogP contribution in [0.1, 0.15) is 12.0 Å². The number of carbonyl (C=O) groups is 2. The molecule has 29 heavy (non-hydrogen) atoms. The van der Waals surface area contributed by atoms with Gasteiger partial charge in [-0.15, -0.1) is 0 Å². The number of anilines is 1. The summed E-state index contributed by atoms with van der Waals surface area (Å²) in [7, 11) is 0. The lowest BCUT2D eigenvalue weighted by Crippen LogP contribution is -2.49. The Morgan fingerprint density at radius 2 is 1.59 bits per heavy atom. The molecule has 0 bridgehead atoms. The summed E-state index contributed by atoms with van der Waals surface area (Å²) < 4.78 is 27.2. The SMILES string of the molecule is O=C(CC(=O)N1CCN(C/C=C/c2ccccc2)CC1)Nc1c(F)cccc1F. The summed E-state index contributed by atoms with van der Waals surface area (Å²) in [6, 6.07) is 13.3. The second kappa shape index (κ2) is 9.93. The number of nitrogens with one attached hydrogen (secondary N) is 1. The van der Waals surface area contributed by atoms with E-state index in [9.17, 15) is 18.4 Å². The van der Waals surface area contributed by atoms with Gasteiger partial charge in [-0.2, -0.15) is 0 Å². The Balaban J connectivity index is 1.42. The predicted octanol–water partition coefficient (Wildman–Crippen LogP) is 3.15. The second-order valence-corrected chi connectivity index (χ2v) is 6.82. The van der Waals surface area contributed by atoms with Gasteiger partial charge < -0.3 is 10.2 Å². The normalized spacial score (nSPS) is 14.9. The lowest BCUT2D eigenvalue weighted by molar-refractivity contribution is -0.136. The third kappa shape index (κ3) is 5.96. The molecule has 0 unspecified atom stereocenters. The zero-order valence-electron chi connectivity index (χ0n) is 16.0. The van der Waals surface area contributed by atoms with Crippen molar-refractivity contribution in [1.29, 1.82) is 0 Å². The molecule has 0 atom stereocenters. The van der Waals surface area contributed by atoms with Crippen LogP contribution in [-0.4, -0.2) is 54.3 Å². The lowest BCUT2D eigenvalue weighted by atomic mass is 10.2. The lowest BCUT2D eigenvalue weighted by Gasteiger charge is -2.34. The number of hydrogen-bond acceptors (Lipinski definition) is 3. The predicted molar refractivity (Wildman–Crippen MR) is 108 cm³/mol. The molecule has 2 amide bonds. The van der Waals surface area contributed by atoms with Crippen molar-refractivity contribution in [2.75, 3.05) is 38.0 Å².